The smallest absolute Gasteiger partial charge is 0.409 e. The molecule has 0 aromatic carbocycles. The van der Waals surface area contributed by atoms with Crippen molar-refractivity contribution in [1.82, 2.24) is 4.90 Å². The maximum absolute atomic E-state index is 11.3. The summed E-state index contributed by atoms with van der Waals surface area (Å²) < 4.78 is 4.69. The van der Waals surface area contributed by atoms with Gasteiger partial charge in [0.2, 0.25) is 0 Å². The predicted molar refractivity (Wildman–Crippen MR) is 51.5 cm³/mol. The molecular weight excluding hydrogens is 166 g/mol. The Labute approximate surface area is 78.7 Å². The summed E-state index contributed by atoms with van der Waals surface area (Å²) in [5.74, 6) is 0. The Hall–Kier alpha value is -1.25. The third-order valence-electron chi connectivity index (χ3n) is 2.11. The van der Waals surface area contributed by atoms with E-state index in [4.69, 9.17) is 0 Å². The van der Waals surface area contributed by atoms with E-state index in [1.165, 1.54) is 7.11 Å². The van der Waals surface area contributed by atoms with Gasteiger partial charge in [-0.25, -0.2) is 4.79 Å². The highest BCUT2D eigenvalue weighted by Crippen LogP contribution is 2.14. The summed E-state index contributed by atoms with van der Waals surface area (Å²) in [4.78, 5) is 13.0. The van der Waals surface area contributed by atoms with Crippen LogP contribution in [0.15, 0.2) is 24.8 Å². The number of amides is 1. The molecule has 3 heteroatoms. The molecule has 0 bridgehead atoms. The van der Waals surface area contributed by atoms with Crippen LogP contribution < -0.4 is 0 Å². The lowest BCUT2D eigenvalue weighted by Crippen LogP contribution is -2.41. The zero-order chi connectivity index (χ0) is 9.68. The molecule has 1 unspecified atom stereocenters. The molecule has 0 spiro atoms. The third kappa shape index (κ3) is 2.34. The number of nitrogens with zero attached hydrogens (tertiary/aromatic N) is 1. The van der Waals surface area contributed by atoms with Gasteiger partial charge in [-0.05, 0) is 12.8 Å². The fourth-order valence-corrected chi connectivity index (χ4v) is 1.46. The summed E-state index contributed by atoms with van der Waals surface area (Å²) in [6.07, 6.45) is 7.37. The van der Waals surface area contributed by atoms with E-state index in [1.54, 1.807) is 4.90 Å². The quantitative estimate of drug-likeness (QED) is 0.609. The van der Waals surface area contributed by atoms with E-state index in [0.717, 1.165) is 19.4 Å². The van der Waals surface area contributed by atoms with Crippen LogP contribution in [-0.2, 0) is 4.74 Å². The minimum atomic E-state index is -0.254. The molecule has 0 saturated heterocycles. The van der Waals surface area contributed by atoms with Gasteiger partial charge in [0.15, 0.2) is 0 Å². The van der Waals surface area contributed by atoms with Crippen molar-refractivity contribution in [3.05, 3.63) is 24.8 Å². The second-order valence-corrected chi connectivity index (χ2v) is 2.97. The average molecular weight is 181 g/mol. The molecule has 1 heterocycles. The van der Waals surface area contributed by atoms with Crippen molar-refractivity contribution in [2.24, 2.45) is 0 Å². The molecule has 0 aromatic rings. The lowest BCUT2D eigenvalue weighted by Gasteiger charge is -2.30. The Balaban J connectivity index is 2.64. The molecule has 72 valence electrons. The van der Waals surface area contributed by atoms with Gasteiger partial charge in [-0.15, -0.1) is 6.58 Å². The first-order valence-corrected chi connectivity index (χ1v) is 4.41. The van der Waals surface area contributed by atoms with Crippen LogP contribution in [-0.4, -0.2) is 30.7 Å². The molecule has 0 aliphatic carbocycles. The van der Waals surface area contributed by atoms with Crippen molar-refractivity contribution in [3.8, 4) is 0 Å². The van der Waals surface area contributed by atoms with Crippen molar-refractivity contribution in [2.75, 3.05) is 13.7 Å². The van der Waals surface area contributed by atoms with Crippen LogP contribution in [0.3, 0.4) is 0 Å². The van der Waals surface area contributed by atoms with E-state index in [1.807, 2.05) is 12.2 Å². The molecule has 1 rings (SSSR count). The maximum Gasteiger partial charge on any atom is 0.409 e. The first-order valence-electron chi connectivity index (χ1n) is 4.41. The van der Waals surface area contributed by atoms with E-state index >= 15 is 0 Å². The third-order valence-corrected chi connectivity index (χ3v) is 2.11. The Morgan fingerprint density at radius 2 is 2.62 bits per heavy atom. The molecule has 1 aliphatic rings. The zero-order valence-corrected chi connectivity index (χ0v) is 7.90. The summed E-state index contributed by atoms with van der Waals surface area (Å²) in [5, 5.41) is 0. The van der Waals surface area contributed by atoms with Crippen molar-refractivity contribution in [1.29, 1.82) is 0 Å². The van der Waals surface area contributed by atoms with Gasteiger partial charge < -0.3 is 9.64 Å². The molecule has 3 nitrogen and oxygen atoms in total. The van der Waals surface area contributed by atoms with E-state index < -0.39 is 0 Å². The highest BCUT2D eigenvalue weighted by molar-refractivity contribution is 5.68. The van der Waals surface area contributed by atoms with Gasteiger partial charge in [-0.3, -0.25) is 0 Å². The van der Waals surface area contributed by atoms with Crippen LogP contribution in [0, 0.1) is 0 Å². The van der Waals surface area contributed by atoms with Crippen LogP contribution in [0.25, 0.3) is 0 Å². The average Bonchev–Trinajstić information content (AvgIpc) is 2.18. The molecule has 0 saturated carbocycles. The van der Waals surface area contributed by atoms with Crippen molar-refractivity contribution in [3.63, 3.8) is 0 Å². The molecule has 1 aliphatic heterocycles. The van der Waals surface area contributed by atoms with Crippen LogP contribution in [0.4, 0.5) is 4.79 Å². The molecule has 0 fully saturated rings. The first-order chi connectivity index (χ1) is 6.29. The largest absolute Gasteiger partial charge is 0.453 e. The van der Waals surface area contributed by atoms with Crippen molar-refractivity contribution in [2.45, 2.75) is 18.9 Å². The molecular formula is C10H15NO2. The molecule has 0 N–H and O–H groups in total. The van der Waals surface area contributed by atoms with Crippen molar-refractivity contribution < 1.29 is 9.53 Å². The first kappa shape index (κ1) is 9.84. The minimum Gasteiger partial charge on any atom is -0.453 e. The van der Waals surface area contributed by atoms with E-state index in [9.17, 15) is 4.79 Å². The summed E-state index contributed by atoms with van der Waals surface area (Å²) in [5.41, 5.74) is 0. The van der Waals surface area contributed by atoms with Gasteiger partial charge in [-0.2, -0.15) is 0 Å². The monoisotopic (exact) mass is 181 g/mol. The normalized spacial score (nSPS) is 21.3. The van der Waals surface area contributed by atoms with Gasteiger partial charge >= 0.3 is 6.09 Å². The second-order valence-electron chi connectivity index (χ2n) is 2.97. The van der Waals surface area contributed by atoms with Crippen molar-refractivity contribution >= 4 is 6.09 Å². The maximum atomic E-state index is 11.3. The van der Waals surface area contributed by atoms with Crippen LogP contribution in [0.1, 0.15) is 12.8 Å². The topological polar surface area (TPSA) is 29.5 Å². The second kappa shape index (κ2) is 4.70. The SMILES string of the molecule is C=CCC1C=CCCN1C(=O)OC. The van der Waals surface area contributed by atoms with E-state index in [2.05, 4.69) is 17.4 Å². The Bertz CT molecular complexity index is 223. The number of rotatable bonds is 2. The number of carbonyl (C=O) groups is 1. The predicted octanol–water partition coefficient (Wildman–Crippen LogP) is 1.96. The summed E-state index contributed by atoms with van der Waals surface area (Å²) in [6, 6.07) is 0.124. The summed E-state index contributed by atoms with van der Waals surface area (Å²) in [6.45, 7) is 4.40. The fraction of sp³-hybridized carbons (Fsp3) is 0.500. The molecule has 0 radical (unpaired) electrons. The van der Waals surface area contributed by atoms with E-state index in [0.29, 0.717) is 0 Å². The molecule has 1 atom stereocenters. The number of methoxy groups -OCH3 is 1. The lowest BCUT2D eigenvalue weighted by molar-refractivity contribution is 0.112. The summed E-state index contributed by atoms with van der Waals surface area (Å²) in [7, 11) is 1.41. The van der Waals surface area contributed by atoms with E-state index in [-0.39, 0.29) is 12.1 Å². The fourth-order valence-electron chi connectivity index (χ4n) is 1.46. The van der Waals surface area contributed by atoms with Crippen LogP contribution >= 0.6 is 0 Å². The van der Waals surface area contributed by atoms with Gasteiger partial charge in [0.1, 0.15) is 0 Å². The lowest BCUT2D eigenvalue weighted by atomic mass is 10.1. The number of hydrogen-bond donors (Lipinski definition) is 0. The Morgan fingerprint density at radius 3 is 3.23 bits per heavy atom. The van der Waals surface area contributed by atoms with Gasteiger partial charge in [0.25, 0.3) is 0 Å². The van der Waals surface area contributed by atoms with Gasteiger partial charge in [-0.1, -0.05) is 18.2 Å². The number of carbonyl (C=O) groups excluding carboxylic acids is 1. The highest BCUT2D eigenvalue weighted by Gasteiger charge is 2.22. The van der Waals surface area contributed by atoms with Crippen LogP contribution in [0.5, 0.6) is 0 Å². The number of ether oxygens (including phenoxy) is 1. The minimum absolute atomic E-state index is 0.124. The molecule has 1 amide bonds. The highest BCUT2D eigenvalue weighted by atomic mass is 16.5. The summed E-state index contributed by atoms with van der Waals surface area (Å²) >= 11 is 0. The molecule has 0 aromatic heterocycles. The van der Waals surface area contributed by atoms with Gasteiger partial charge in [0, 0.05) is 6.54 Å². The molecule has 13 heavy (non-hydrogen) atoms. The van der Waals surface area contributed by atoms with Gasteiger partial charge in [0.05, 0.1) is 13.2 Å². The number of hydrogen-bond acceptors (Lipinski definition) is 2. The zero-order valence-electron chi connectivity index (χ0n) is 7.90. The Morgan fingerprint density at radius 1 is 1.85 bits per heavy atom. The standard InChI is InChI=1S/C10H15NO2/c1-3-6-9-7-4-5-8-11(9)10(12)13-2/h3-4,7,9H,1,5-6,8H2,2H3. The van der Waals surface area contributed by atoms with Crippen LogP contribution in [0.2, 0.25) is 0 Å². The Kier molecular flexibility index (Phi) is 3.55.